The second kappa shape index (κ2) is 8.12. The Morgan fingerprint density at radius 1 is 1.13 bits per heavy atom. The topological polar surface area (TPSA) is 79.7 Å². The smallest absolute Gasteiger partial charge is 0.252 e. The number of fused-ring (bicyclic) bond motifs is 1. The minimum absolute atomic E-state index is 0.0575. The summed E-state index contributed by atoms with van der Waals surface area (Å²) in [7, 11) is 0. The Morgan fingerprint density at radius 2 is 1.97 bits per heavy atom. The molecule has 4 aromatic rings. The van der Waals surface area contributed by atoms with Gasteiger partial charge in [-0.15, -0.1) is 16.4 Å². The predicted octanol–water partition coefficient (Wildman–Crippen LogP) is 3.84. The zero-order valence-corrected chi connectivity index (χ0v) is 18.5. The van der Waals surface area contributed by atoms with Crippen LogP contribution in [0.5, 0.6) is 0 Å². The van der Waals surface area contributed by atoms with Crippen LogP contribution in [0.3, 0.4) is 0 Å². The van der Waals surface area contributed by atoms with E-state index in [1.807, 2.05) is 28.9 Å². The molecule has 4 rings (SSSR count). The van der Waals surface area contributed by atoms with E-state index in [-0.39, 0.29) is 11.1 Å². The van der Waals surface area contributed by atoms with E-state index in [1.165, 1.54) is 10.4 Å². The first kappa shape index (κ1) is 20.4. The molecule has 0 radical (unpaired) electrons. The number of tetrazole rings is 1. The lowest BCUT2D eigenvalue weighted by molar-refractivity contribution is 0.225. The van der Waals surface area contributed by atoms with E-state index in [0.717, 1.165) is 28.8 Å². The van der Waals surface area contributed by atoms with E-state index < -0.39 is 0 Å². The van der Waals surface area contributed by atoms with Crippen molar-refractivity contribution in [1.82, 2.24) is 30.1 Å². The van der Waals surface area contributed by atoms with Gasteiger partial charge >= 0.3 is 0 Å². The van der Waals surface area contributed by atoms with Gasteiger partial charge in [-0.25, -0.2) is 4.68 Å². The third-order valence-corrected chi connectivity index (χ3v) is 5.83. The van der Waals surface area contributed by atoms with Crippen molar-refractivity contribution < 1.29 is 0 Å². The number of H-pyrrole nitrogens is 1. The van der Waals surface area contributed by atoms with Gasteiger partial charge in [0.2, 0.25) is 0 Å². The van der Waals surface area contributed by atoms with Crippen LogP contribution >= 0.6 is 11.3 Å². The van der Waals surface area contributed by atoms with E-state index in [9.17, 15) is 4.79 Å². The van der Waals surface area contributed by atoms with Crippen LogP contribution in [0, 0.1) is 6.92 Å². The molecule has 0 fully saturated rings. The van der Waals surface area contributed by atoms with E-state index in [4.69, 9.17) is 0 Å². The molecule has 1 N–H and O–H groups in total. The molecule has 3 heterocycles. The lowest BCUT2D eigenvalue weighted by Crippen LogP contribution is -2.31. The number of aryl methyl sites for hydroxylation is 1. The van der Waals surface area contributed by atoms with E-state index in [1.54, 1.807) is 11.3 Å². The number of thiophene rings is 1. The van der Waals surface area contributed by atoms with Crippen molar-refractivity contribution in [3.05, 3.63) is 74.0 Å². The van der Waals surface area contributed by atoms with Crippen molar-refractivity contribution in [3.8, 4) is 0 Å². The van der Waals surface area contributed by atoms with Gasteiger partial charge in [0.15, 0.2) is 5.82 Å². The van der Waals surface area contributed by atoms with Gasteiger partial charge in [-0.1, -0.05) is 17.7 Å². The summed E-state index contributed by atoms with van der Waals surface area (Å²) in [6.45, 7) is 10.1. The summed E-state index contributed by atoms with van der Waals surface area (Å²) in [5, 5.41) is 15.4. The Hall–Kier alpha value is -2.84. The van der Waals surface area contributed by atoms with Gasteiger partial charge in [-0.3, -0.25) is 9.69 Å². The number of nitrogens with zero attached hydrogens (tertiary/aromatic N) is 5. The number of hydrogen-bond donors (Lipinski definition) is 1. The fourth-order valence-corrected chi connectivity index (χ4v) is 4.29. The molecule has 0 amide bonds. The normalized spacial score (nSPS) is 12.2. The van der Waals surface area contributed by atoms with Crippen LogP contribution in [-0.2, 0) is 25.2 Å². The third kappa shape index (κ3) is 4.49. The molecule has 0 spiro atoms. The molecule has 0 aliphatic heterocycles. The molecule has 7 nitrogen and oxygen atoms in total. The highest BCUT2D eigenvalue weighted by molar-refractivity contribution is 7.09. The predicted molar refractivity (Wildman–Crippen MR) is 119 cm³/mol. The quantitative estimate of drug-likeness (QED) is 0.511. The number of hydrogen-bond acceptors (Lipinski definition) is 6. The van der Waals surface area contributed by atoms with E-state index >= 15 is 0 Å². The van der Waals surface area contributed by atoms with Crippen LogP contribution in [-0.4, -0.2) is 30.1 Å². The van der Waals surface area contributed by atoms with Crippen LogP contribution < -0.4 is 5.56 Å². The highest BCUT2D eigenvalue weighted by atomic mass is 32.1. The molecule has 3 aromatic heterocycles. The SMILES string of the molecule is Cc1ccc2[nH]c(=O)c(CN(Cc3cccs3)Cc3nnnn3C(C)(C)C)cc2c1. The minimum atomic E-state index is -0.217. The van der Waals surface area contributed by atoms with Crippen LogP contribution in [0.4, 0.5) is 0 Å². The lowest BCUT2D eigenvalue weighted by atomic mass is 10.1. The van der Waals surface area contributed by atoms with Crippen LogP contribution in [0.15, 0.2) is 46.6 Å². The first-order valence-electron chi connectivity index (χ1n) is 9.94. The van der Waals surface area contributed by atoms with Gasteiger partial charge in [0.25, 0.3) is 5.56 Å². The molecule has 1 aromatic carbocycles. The Balaban J connectivity index is 1.67. The molecule has 0 atom stereocenters. The van der Waals surface area contributed by atoms with Crippen LogP contribution in [0.25, 0.3) is 10.9 Å². The Morgan fingerprint density at radius 3 is 2.70 bits per heavy atom. The molecule has 8 heteroatoms. The lowest BCUT2D eigenvalue weighted by Gasteiger charge is -2.24. The van der Waals surface area contributed by atoms with Crippen LogP contribution in [0.1, 0.15) is 42.6 Å². The summed E-state index contributed by atoms with van der Waals surface area (Å²) in [6, 6.07) is 12.2. The van der Waals surface area contributed by atoms with Gasteiger partial charge in [-0.05, 0) is 73.2 Å². The zero-order chi connectivity index (χ0) is 21.3. The molecule has 156 valence electrons. The number of rotatable bonds is 6. The second-order valence-corrected chi connectivity index (χ2v) is 9.65. The maximum atomic E-state index is 12.8. The molecule has 30 heavy (non-hydrogen) atoms. The second-order valence-electron chi connectivity index (χ2n) is 8.62. The number of aromatic amines is 1. The number of aromatic nitrogens is 5. The molecule has 0 aliphatic rings. The molecule has 0 aliphatic carbocycles. The van der Waals surface area contributed by atoms with Crippen molar-refractivity contribution in [2.45, 2.75) is 52.9 Å². The summed E-state index contributed by atoms with van der Waals surface area (Å²) >= 11 is 1.71. The van der Waals surface area contributed by atoms with Crippen molar-refractivity contribution in [3.63, 3.8) is 0 Å². The summed E-state index contributed by atoms with van der Waals surface area (Å²) in [5.74, 6) is 0.784. The van der Waals surface area contributed by atoms with Gasteiger partial charge in [0, 0.05) is 29.0 Å². The molecule has 0 saturated heterocycles. The molecule has 0 saturated carbocycles. The monoisotopic (exact) mass is 422 g/mol. The molecule has 0 unspecified atom stereocenters. The van der Waals surface area contributed by atoms with Crippen molar-refractivity contribution in [2.75, 3.05) is 0 Å². The maximum Gasteiger partial charge on any atom is 0.252 e. The minimum Gasteiger partial charge on any atom is -0.322 e. The first-order chi connectivity index (χ1) is 14.3. The highest BCUT2D eigenvalue weighted by Gasteiger charge is 2.22. The summed E-state index contributed by atoms with van der Waals surface area (Å²) < 4.78 is 1.85. The van der Waals surface area contributed by atoms with Gasteiger partial charge in [0.05, 0.1) is 12.1 Å². The highest BCUT2D eigenvalue weighted by Crippen LogP contribution is 2.20. The Bertz CT molecular complexity index is 1200. The van der Waals surface area contributed by atoms with Gasteiger partial charge < -0.3 is 4.98 Å². The van der Waals surface area contributed by atoms with Crippen molar-refractivity contribution >= 4 is 22.2 Å². The summed E-state index contributed by atoms with van der Waals surface area (Å²) in [5.41, 5.74) is 2.49. The van der Waals surface area contributed by atoms with Crippen LogP contribution in [0.2, 0.25) is 0 Å². The number of benzene rings is 1. The Kier molecular flexibility index (Phi) is 5.53. The summed E-state index contributed by atoms with van der Waals surface area (Å²) in [4.78, 5) is 19.2. The van der Waals surface area contributed by atoms with Gasteiger partial charge in [-0.2, -0.15) is 0 Å². The Labute approximate surface area is 179 Å². The van der Waals surface area contributed by atoms with Crippen molar-refractivity contribution in [1.29, 1.82) is 0 Å². The fraction of sp³-hybridized carbons (Fsp3) is 0.364. The van der Waals surface area contributed by atoms with Crippen molar-refractivity contribution in [2.24, 2.45) is 0 Å². The standard InChI is InChI=1S/C22H26N6OS/c1-15-7-8-19-16(10-15)11-17(21(29)23-19)12-27(13-18-6-5-9-30-18)14-20-24-25-26-28(20)22(2,3)4/h5-11H,12-14H2,1-4H3,(H,23,29). The maximum absolute atomic E-state index is 12.8. The largest absolute Gasteiger partial charge is 0.322 e. The molecular formula is C22H26N6OS. The fourth-order valence-electron chi connectivity index (χ4n) is 3.55. The average molecular weight is 423 g/mol. The molecular weight excluding hydrogens is 396 g/mol. The number of pyridine rings is 1. The molecule has 0 bridgehead atoms. The first-order valence-corrected chi connectivity index (χ1v) is 10.8. The third-order valence-electron chi connectivity index (χ3n) is 4.96. The zero-order valence-electron chi connectivity index (χ0n) is 17.7. The average Bonchev–Trinajstić information content (AvgIpc) is 3.34. The van der Waals surface area contributed by atoms with E-state index in [2.05, 4.69) is 70.6 Å². The van der Waals surface area contributed by atoms with E-state index in [0.29, 0.717) is 13.1 Å². The summed E-state index contributed by atoms with van der Waals surface area (Å²) in [6.07, 6.45) is 0. The van der Waals surface area contributed by atoms with Gasteiger partial charge in [0.1, 0.15) is 0 Å². The number of nitrogens with one attached hydrogen (secondary N) is 1.